The molecule has 0 fully saturated rings. The van der Waals surface area contributed by atoms with E-state index in [9.17, 15) is 0 Å². The van der Waals surface area contributed by atoms with Crippen molar-refractivity contribution in [2.45, 2.75) is 25.0 Å². The first-order chi connectivity index (χ1) is 13.2. The molecule has 0 aliphatic carbocycles. The second kappa shape index (κ2) is 12.0. The highest BCUT2D eigenvalue weighted by Gasteiger charge is 2.41. The van der Waals surface area contributed by atoms with Gasteiger partial charge in [0.2, 0.25) is 0 Å². The third kappa shape index (κ3) is 7.54. The van der Waals surface area contributed by atoms with Crippen LogP contribution in [0.15, 0.2) is 60.7 Å². The summed E-state index contributed by atoms with van der Waals surface area (Å²) in [7, 11) is 0.545. The average Bonchev–Trinajstić information content (AvgIpc) is 2.73. The molecule has 1 atom stereocenters. The summed E-state index contributed by atoms with van der Waals surface area (Å²) < 4.78 is 18.1. The minimum Gasteiger partial charge on any atom is -0.377 e. The standard InChI is InChI=1S/C21H32N2O3Si/c1-24-27(25-2,18-20-11-7-4-8-12-20)26-21(17-23-16-15-22)14-13-19-9-5-3-6-10-19/h3-12,21,23H,13-18,22H2,1-2H3. The van der Waals surface area contributed by atoms with Crippen molar-refractivity contribution < 1.29 is 13.3 Å². The van der Waals surface area contributed by atoms with Crippen LogP contribution in [0.4, 0.5) is 0 Å². The molecule has 2 aromatic carbocycles. The number of aryl methyl sites for hydroxylation is 1. The molecule has 3 N–H and O–H groups in total. The van der Waals surface area contributed by atoms with E-state index in [1.54, 1.807) is 14.2 Å². The topological polar surface area (TPSA) is 65.7 Å². The monoisotopic (exact) mass is 388 g/mol. The van der Waals surface area contributed by atoms with E-state index in [1.807, 2.05) is 24.3 Å². The Morgan fingerprint density at radius 1 is 0.926 bits per heavy atom. The van der Waals surface area contributed by atoms with Gasteiger partial charge in [-0.05, 0) is 24.0 Å². The van der Waals surface area contributed by atoms with Crippen molar-refractivity contribution in [1.82, 2.24) is 5.32 Å². The molecule has 0 spiro atoms. The Morgan fingerprint density at radius 3 is 2.07 bits per heavy atom. The van der Waals surface area contributed by atoms with E-state index < -0.39 is 8.80 Å². The van der Waals surface area contributed by atoms with Gasteiger partial charge in [-0.15, -0.1) is 0 Å². The maximum Gasteiger partial charge on any atom is 0.505 e. The highest BCUT2D eigenvalue weighted by atomic mass is 28.4. The first kappa shape index (κ1) is 21.8. The molecule has 1 unspecified atom stereocenters. The molecule has 6 heteroatoms. The summed E-state index contributed by atoms with van der Waals surface area (Å²) in [5.74, 6) is 0. The van der Waals surface area contributed by atoms with Crippen LogP contribution in [0.1, 0.15) is 17.5 Å². The number of benzene rings is 2. The number of nitrogens with two attached hydrogens (primary N) is 1. The minimum absolute atomic E-state index is 0.00737. The fourth-order valence-electron chi connectivity index (χ4n) is 3.01. The summed E-state index contributed by atoms with van der Waals surface area (Å²) in [6, 6.07) is 21.3. The van der Waals surface area contributed by atoms with Gasteiger partial charge in [0, 0.05) is 39.9 Å². The predicted molar refractivity (Wildman–Crippen MR) is 111 cm³/mol. The van der Waals surface area contributed by atoms with Crippen LogP contribution < -0.4 is 11.1 Å². The number of hydrogen-bond acceptors (Lipinski definition) is 5. The van der Waals surface area contributed by atoms with E-state index in [1.165, 1.54) is 5.56 Å². The molecule has 2 aromatic rings. The molecule has 0 heterocycles. The number of rotatable bonds is 13. The van der Waals surface area contributed by atoms with Crippen LogP contribution in [0.2, 0.25) is 0 Å². The summed E-state index contributed by atoms with van der Waals surface area (Å²) in [5, 5.41) is 3.37. The van der Waals surface area contributed by atoms with Gasteiger partial charge in [-0.25, -0.2) is 0 Å². The van der Waals surface area contributed by atoms with Gasteiger partial charge >= 0.3 is 8.80 Å². The average molecular weight is 389 g/mol. The number of hydrogen-bond donors (Lipinski definition) is 2. The maximum absolute atomic E-state index is 6.50. The SMILES string of the molecule is CO[Si](Cc1ccccc1)(OC)OC(CCc1ccccc1)CNCCN. The summed E-state index contributed by atoms with van der Waals surface area (Å²) in [6.45, 7) is 2.09. The lowest BCUT2D eigenvalue weighted by Crippen LogP contribution is -2.51. The van der Waals surface area contributed by atoms with E-state index in [-0.39, 0.29) is 6.10 Å². The Labute approximate surface area is 164 Å². The van der Waals surface area contributed by atoms with Crippen LogP contribution in [0.3, 0.4) is 0 Å². The molecule has 148 valence electrons. The zero-order valence-corrected chi connectivity index (χ0v) is 17.4. The van der Waals surface area contributed by atoms with E-state index in [0.29, 0.717) is 12.6 Å². The summed E-state index contributed by atoms with van der Waals surface area (Å²) in [4.78, 5) is 0. The molecule has 2 rings (SSSR count). The van der Waals surface area contributed by atoms with Gasteiger partial charge < -0.3 is 24.3 Å². The van der Waals surface area contributed by atoms with Crippen LogP contribution in [0, 0.1) is 0 Å². The van der Waals surface area contributed by atoms with Gasteiger partial charge in [0.05, 0.1) is 6.10 Å². The van der Waals surface area contributed by atoms with Crippen LogP contribution in [-0.4, -0.2) is 48.8 Å². The predicted octanol–water partition coefficient (Wildman–Crippen LogP) is 2.57. The van der Waals surface area contributed by atoms with Gasteiger partial charge in [-0.2, -0.15) is 0 Å². The molecular formula is C21H32N2O3Si. The second-order valence-electron chi connectivity index (χ2n) is 6.51. The van der Waals surface area contributed by atoms with E-state index in [0.717, 1.165) is 31.5 Å². The molecule has 0 saturated heterocycles. The summed E-state index contributed by atoms with van der Waals surface area (Å²) in [5.41, 5.74) is 8.08. The van der Waals surface area contributed by atoms with Crippen molar-refractivity contribution in [2.75, 3.05) is 33.9 Å². The van der Waals surface area contributed by atoms with Crippen molar-refractivity contribution >= 4 is 8.80 Å². The van der Waals surface area contributed by atoms with Gasteiger partial charge in [0.1, 0.15) is 0 Å². The van der Waals surface area contributed by atoms with E-state index >= 15 is 0 Å². The lowest BCUT2D eigenvalue weighted by atomic mass is 10.1. The maximum atomic E-state index is 6.50. The van der Waals surface area contributed by atoms with E-state index in [4.69, 9.17) is 19.0 Å². The third-order valence-electron chi connectivity index (χ3n) is 4.52. The van der Waals surface area contributed by atoms with Crippen LogP contribution in [-0.2, 0) is 25.7 Å². The Balaban J connectivity index is 2.05. The summed E-state index contributed by atoms with van der Waals surface area (Å²) in [6.07, 6.45) is 1.82. The molecule has 0 bridgehead atoms. The molecular weight excluding hydrogens is 356 g/mol. The Kier molecular flexibility index (Phi) is 9.69. The lowest BCUT2D eigenvalue weighted by molar-refractivity contribution is 0.0504. The molecule has 5 nitrogen and oxygen atoms in total. The van der Waals surface area contributed by atoms with Gasteiger partial charge in [-0.1, -0.05) is 60.7 Å². The van der Waals surface area contributed by atoms with Gasteiger partial charge in [-0.3, -0.25) is 0 Å². The molecule has 0 aliphatic rings. The molecule has 0 aromatic heterocycles. The molecule has 0 amide bonds. The highest BCUT2D eigenvalue weighted by Crippen LogP contribution is 2.19. The van der Waals surface area contributed by atoms with Crippen LogP contribution in [0.25, 0.3) is 0 Å². The van der Waals surface area contributed by atoms with Crippen LogP contribution in [0.5, 0.6) is 0 Å². The summed E-state index contributed by atoms with van der Waals surface area (Å²) >= 11 is 0. The quantitative estimate of drug-likeness (QED) is 0.408. The fourth-order valence-corrected chi connectivity index (χ4v) is 5.18. The van der Waals surface area contributed by atoms with Gasteiger partial charge in [0.25, 0.3) is 0 Å². The lowest BCUT2D eigenvalue weighted by Gasteiger charge is -2.31. The zero-order valence-electron chi connectivity index (χ0n) is 16.4. The minimum atomic E-state index is -2.82. The molecule has 27 heavy (non-hydrogen) atoms. The number of nitrogens with one attached hydrogen (secondary N) is 1. The Morgan fingerprint density at radius 2 is 1.52 bits per heavy atom. The zero-order chi connectivity index (χ0) is 19.4. The molecule has 0 radical (unpaired) electrons. The van der Waals surface area contributed by atoms with Crippen molar-refractivity contribution in [1.29, 1.82) is 0 Å². The first-order valence-corrected chi connectivity index (χ1v) is 11.4. The Hall–Kier alpha value is -1.54. The van der Waals surface area contributed by atoms with Crippen molar-refractivity contribution in [3.05, 3.63) is 71.8 Å². The highest BCUT2D eigenvalue weighted by molar-refractivity contribution is 6.60. The van der Waals surface area contributed by atoms with Crippen molar-refractivity contribution in [2.24, 2.45) is 5.73 Å². The largest absolute Gasteiger partial charge is 0.505 e. The van der Waals surface area contributed by atoms with E-state index in [2.05, 4.69) is 41.7 Å². The van der Waals surface area contributed by atoms with Crippen LogP contribution >= 0.6 is 0 Å². The smallest absolute Gasteiger partial charge is 0.377 e. The molecule has 0 saturated carbocycles. The first-order valence-electron chi connectivity index (χ1n) is 9.48. The third-order valence-corrected chi connectivity index (χ3v) is 7.30. The van der Waals surface area contributed by atoms with Gasteiger partial charge in [0.15, 0.2) is 0 Å². The normalized spacial score (nSPS) is 12.9. The Bertz CT molecular complexity index is 624. The fraction of sp³-hybridized carbons (Fsp3) is 0.429. The van der Waals surface area contributed by atoms with Crippen molar-refractivity contribution in [3.8, 4) is 0 Å². The van der Waals surface area contributed by atoms with Crippen molar-refractivity contribution in [3.63, 3.8) is 0 Å². The molecule has 0 aliphatic heterocycles. The second-order valence-corrected chi connectivity index (χ2v) is 9.28.